The number of ether oxygens (including phenoxy) is 1. The number of rotatable bonds is 7. The molecule has 2 amide bonds. The Morgan fingerprint density at radius 1 is 1.03 bits per heavy atom. The van der Waals surface area contributed by atoms with Gasteiger partial charge in [0.15, 0.2) is 0 Å². The monoisotopic (exact) mass is 458 g/mol. The zero-order valence-corrected chi connectivity index (χ0v) is 19.2. The zero-order valence-electron chi connectivity index (χ0n) is 19.2. The molecule has 2 aromatic carbocycles. The summed E-state index contributed by atoms with van der Waals surface area (Å²) in [6.07, 6.45) is 7.94. The van der Waals surface area contributed by atoms with Gasteiger partial charge in [-0.1, -0.05) is 37.1 Å². The van der Waals surface area contributed by atoms with Crippen LogP contribution < -0.4 is 15.0 Å². The van der Waals surface area contributed by atoms with Gasteiger partial charge >= 0.3 is 0 Å². The normalized spacial score (nSPS) is 19.5. The minimum absolute atomic E-state index is 0.0838. The van der Waals surface area contributed by atoms with E-state index in [1.165, 1.54) is 5.56 Å². The predicted molar refractivity (Wildman–Crippen MR) is 131 cm³/mol. The van der Waals surface area contributed by atoms with Crippen LogP contribution in [0.25, 0.3) is 0 Å². The molecule has 0 saturated heterocycles. The lowest BCUT2D eigenvalue weighted by Gasteiger charge is -2.32. The highest BCUT2D eigenvalue weighted by Gasteiger charge is 2.39. The van der Waals surface area contributed by atoms with Crippen LogP contribution in [0.15, 0.2) is 67.0 Å². The second-order valence-corrected chi connectivity index (χ2v) is 9.00. The summed E-state index contributed by atoms with van der Waals surface area (Å²) in [6.45, 7) is 1.83. The lowest BCUT2D eigenvalue weighted by molar-refractivity contribution is -0.132. The van der Waals surface area contributed by atoms with E-state index in [2.05, 4.69) is 16.5 Å². The molecule has 1 aliphatic carbocycles. The molecule has 2 unspecified atom stereocenters. The second-order valence-electron chi connectivity index (χ2n) is 9.00. The minimum Gasteiger partial charge on any atom is -0.492 e. The van der Waals surface area contributed by atoms with Gasteiger partial charge in [-0.3, -0.25) is 14.3 Å². The molecular formula is C27H30N4O3. The highest BCUT2D eigenvalue weighted by atomic mass is 16.5. The standard InChI is InChI=1S/C27H30N4O3/c32-26(29-21-8-5-9-22(19-21)34-18-17-30-15-6-14-28-30)23-10-2-3-11-24(23)27(33)31-16-13-20-7-1-4-12-25(20)31/h1,4-9,12,14-15,19,23-24H,2-3,10-11,13,16-18H2,(H,29,32). The quantitative estimate of drug-likeness (QED) is 0.573. The zero-order chi connectivity index (χ0) is 23.3. The molecule has 3 aromatic rings. The third kappa shape index (κ3) is 4.83. The van der Waals surface area contributed by atoms with Crippen LogP contribution >= 0.6 is 0 Å². The second kappa shape index (κ2) is 10.1. The Balaban J connectivity index is 1.23. The van der Waals surface area contributed by atoms with Gasteiger partial charge in [0.05, 0.1) is 12.5 Å². The van der Waals surface area contributed by atoms with Crippen molar-refractivity contribution in [2.45, 2.75) is 38.6 Å². The third-order valence-corrected chi connectivity index (χ3v) is 6.82. The molecule has 1 aromatic heterocycles. The van der Waals surface area contributed by atoms with Crippen LogP contribution in [0.3, 0.4) is 0 Å². The average Bonchev–Trinajstić information content (AvgIpc) is 3.54. The fourth-order valence-corrected chi connectivity index (χ4v) is 5.10. The Morgan fingerprint density at radius 2 is 1.88 bits per heavy atom. The molecule has 2 heterocycles. The van der Waals surface area contributed by atoms with Crippen molar-refractivity contribution in [3.63, 3.8) is 0 Å². The summed E-state index contributed by atoms with van der Waals surface area (Å²) in [7, 11) is 0. The number of nitrogens with one attached hydrogen (secondary N) is 1. The minimum atomic E-state index is -0.321. The first-order valence-corrected chi connectivity index (χ1v) is 12.1. The van der Waals surface area contributed by atoms with Gasteiger partial charge in [-0.05, 0) is 49.1 Å². The number of anilines is 2. The number of carbonyl (C=O) groups excluding carboxylic acids is 2. The molecule has 2 atom stereocenters. The maximum absolute atomic E-state index is 13.5. The van der Waals surface area contributed by atoms with E-state index in [1.807, 2.05) is 64.3 Å². The molecule has 7 nitrogen and oxygen atoms in total. The molecule has 1 fully saturated rings. The molecule has 0 radical (unpaired) electrons. The molecule has 1 aliphatic heterocycles. The highest BCUT2D eigenvalue weighted by Crippen LogP contribution is 2.36. The van der Waals surface area contributed by atoms with Crippen LogP contribution in [0, 0.1) is 11.8 Å². The molecule has 1 N–H and O–H groups in total. The van der Waals surface area contributed by atoms with Crippen LogP contribution in [0.1, 0.15) is 31.2 Å². The molecule has 0 bridgehead atoms. The number of benzene rings is 2. The van der Waals surface area contributed by atoms with E-state index in [0.717, 1.165) is 37.8 Å². The van der Waals surface area contributed by atoms with Crippen molar-refractivity contribution in [3.8, 4) is 5.75 Å². The van der Waals surface area contributed by atoms with Crippen LogP contribution in [-0.2, 0) is 22.6 Å². The summed E-state index contributed by atoms with van der Waals surface area (Å²) in [4.78, 5) is 28.7. The molecule has 1 saturated carbocycles. The van der Waals surface area contributed by atoms with Crippen molar-refractivity contribution >= 4 is 23.2 Å². The summed E-state index contributed by atoms with van der Waals surface area (Å²) < 4.78 is 7.64. The largest absolute Gasteiger partial charge is 0.492 e. The molecule has 0 spiro atoms. The molecular weight excluding hydrogens is 428 g/mol. The van der Waals surface area contributed by atoms with Crippen molar-refractivity contribution in [1.29, 1.82) is 0 Å². The summed E-state index contributed by atoms with van der Waals surface area (Å²) >= 11 is 0. The van der Waals surface area contributed by atoms with Crippen LogP contribution in [0.4, 0.5) is 11.4 Å². The summed E-state index contributed by atoms with van der Waals surface area (Å²) in [5, 5.41) is 7.21. The third-order valence-electron chi connectivity index (χ3n) is 6.82. The molecule has 5 rings (SSSR count). The summed E-state index contributed by atoms with van der Waals surface area (Å²) in [5.41, 5.74) is 2.89. The first-order chi connectivity index (χ1) is 16.7. The number of nitrogens with zero attached hydrogens (tertiary/aromatic N) is 3. The van der Waals surface area contributed by atoms with Gasteiger partial charge < -0.3 is 15.0 Å². The number of fused-ring (bicyclic) bond motifs is 1. The van der Waals surface area contributed by atoms with Crippen molar-refractivity contribution in [2.24, 2.45) is 11.8 Å². The number of amides is 2. The van der Waals surface area contributed by atoms with E-state index in [9.17, 15) is 9.59 Å². The molecule has 34 heavy (non-hydrogen) atoms. The maximum atomic E-state index is 13.5. The van der Waals surface area contributed by atoms with Crippen molar-refractivity contribution in [2.75, 3.05) is 23.4 Å². The van der Waals surface area contributed by atoms with Crippen LogP contribution in [0.5, 0.6) is 5.75 Å². The van der Waals surface area contributed by atoms with E-state index in [1.54, 1.807) is 6.20 Å². The summed E-state index contributed by atoms with van der Waals surface area (Å²) in [5.74, 6) is 0.0847. The van der Waals surface area contributed by atoms with Gasteiger partial charge in [0.25, 0.3) is 0 Å². The Labute approximate surface area is 199 Å². The fraction of sp³-hybridized carbons (Fsp3) is 0.370. The number of hydrogen-bond donors (Lipinski definition) is 1. The van der Waals surface area contributed by atoms with Gasteiger partial charge in [-0.25, -0.2) is 0 Å². The van der Waals surface area contributed by atoms with Crippen LogP contribution in [-0.4, -0.2) is 34.7 Å². The number of aromatic nitrogens is 2. The summed E-state index contributed by atoms with van der Waals surface area (Å²) in [6, 6.07) is 17.4. The smallest absolute Gasteiger partial charge is 0.230 e. The first kappa shape index (κ1) is 22.2. The lowest BCUT2D eigenvalue weighted by Crippen LogP contribution is -2.43. The van der Waals surface area contributed by atoms with Gasteiger partial charge in [-0.2, -0.15) is 5.10 Å². The van der Waals surface area contributed by atoms with Crippen molar-refractivity contribution in [1.82, 2.24) is 9.78 Å². The Bertz CT molecular complexity index is 1140. The van der Waals surface area contributed by atoms with Gasteiger partial charge in [0.1, 0.15) is 12.4 Å². The molecule has 176 valence electrons. The van der Waals surface area contributed by atoms with Crippen LogP contribution in [0.2, 0.25) is 0 Å². The van der Waals surface area contributed by atoms with Crippen molar-refractivity contribution < 1.29 is 14.3 Å². The fourth-order valence-electron chi connectivity index (χ4n) is 5.10. The van der Waals surface area contributed by atoms with Gasteiger partial charge in [0, 0.05) is 42.3 Å². The Morgan fingerprint density at radius 3 is 2.74 bits per heavy atom. The topological polar surface area (TPSA) is 76.5 Å². The number of hydrogen-bond acceptors (Lipinski definition) is 4. The molecule has 7 heteroatoms. The van der Waals surface area contributed by atoms with Gasteiger partial charge in [-0.15, -0.1) is 0 Å². The van der Waals surface area contributed by atoms with E-state index < -0.39 is 0 Å². The maximum Gasteiger partial charge on any atom is 0.230 e. The molecule has 2 aliphatic rings. The average molecular weight is 459 g/mol. The van der Waals surface area contributed by atoms with E-state index in [4.69, 9.17) is 4.74 Å². The highest BCUT2D eigenvalue weighted by molar-refractivity contribution is 6.02. The number of carbonyl (C=O) groups is 2. The van der Waals surface area contributed by atoms with E-state index >= 15 is 0 Å². The Kier molecular flexibility index (Phi) is 6.60. The predicted octanol–water partition coefficient (Wildman–Crippen LogP) is 4.30. The lowest BCUT2D eigenvalue weighted by atomic mass is 9.77. The van der Waals surface area contributed by atoms with Gasteiger partial charge in [0.2, 0.25) is 11.8 Å². The number of para-hydroxylation sites is 1. The SMILES string of the molecule is O=C(Nc1cccc(OCCn2cccn2)c1)C1CCCCC1C(=O)N1CCc2ccccc21. The first-order valence-electron chi connectivity index (χ1n) is 12.1. The van der Waals surface area contributed by atoms with E-state index in [0.29, 0.717) is 31.1 Å². The Hall–Kier alpha value is -3.61. The van der Waals surface area contributed by atoms with Crippen molar-refractivity contribution in [3.05, 3.63) is 72.6 Å². The van der Waals surface area contributed by atoms with E-state index in [-0.39, 0.29) is 23.7 Å².